The highest BCUT2D eigenvalue weighted by atomic mass is 16.7. The van der Waals surface area contributed by atoms with Gasteiger partial charge >= 0.3 is 0 Å². The third-order valence-electron chi connectivity index (χ3n) is 2.12. The topological polar surface area (TPSA) is 18.5 Å². The first-order chi connectivity index (χ1) is 5.91. The van der Waals surface area contributed by atoms with Crippen LogP contribution in [0.25, 0.3) is 0 Å². The van der Waals surface area contributed by atoms with Crippen molar-refractivity contribution >= 4 is 0 Å². The van der Waals surface area contributed by atoms with Crippen molar-refractivity contribution in [2.75, 3.05) is 0 Å². The number of rotatable bonds is 6. The molecular weight excluding hydrogens is 164 g/mol. The van der Waals surface area contributed by atoms with Gasteiger partial charge in [0.15, 0.2) is 5.79 Å². The van der Waals surface area contributed by atoms with Gasteiger partial charge in [0.25, 0.3) is 0 Å². The molecule has 2 nitrogen and oxygen atoms in total. The van der Waals surface area contributed by atoms with Crippen molar-refractivity contribution in [1.82, 2.24) is 0 Å². The van der Waals surface area contributed by atoms with E-state index < -0.39 is 5.79 Å². The van der Waals surface area contributed by atoms with Crippen LogP contribution >= 0.6 is 0 Å². The Labute approximate surface area is 82.6 Å². The number of hydrogen-bond donors (Lipinski definition) is 0. The molecule has 0 saturated heterocycles. The number of hydrogen-bond acceptors (Lipinski definition) is 2. The minimum absolute atomic E-state index is 0.263. The van der Waals surface area contributed by atoms with E-state index in [1.165, 1.54) is 0 Å². The lowest BCUT2D eigenvalue weighted by molar-refractivity contribution is -0.252. The molecule has 2 atom stereocenters. The standard InChI is InChI=1S/C11H24O2/c1-7-9(3)12-11(5,6)13-10(4)8-2/h9-10H,7-8H2,1-6H3. The zero-order valence-corrected chi connectivity index (χ0v) is 9.89. The van der Waals surface area contributed by atoms with Crippen LogP contribution in [0.2, 0.25) is 0 Å². The minimum Gasteiger partial charge on any atom is -0.348 e. The van der Waals surface area contributed by atoms with Crippen LogP contribution in [0, 0.1) is 0 Å². The first-order valence-electron chi connectivity index (χ1n) is 5.27. The maximum absolute atomic E-state index is 5.74. The summed E-state index contributed by atoms with van der Waals surface area (Å²) in [5.74, 6) is -0.454. The van der Waals surface area contributed by atoms with E-state index in [9.17, 15) is 0 Å². The van der Waals surface area contributed by atoms with E-state index in [1.807, 2.05) is 13.8 Å². The predicted octanol–water partition coefficient (Wildman–Crippen LogP) is 3.35. The van der Waals surface area contributed by atoms with Gasteiger partial charge in [-0.3, -0.25) is 0 Å². The van der Waals surface area contributed by atoms with Gasteiger partial charge in [0, 0.05) is 0 Å². The van der Waals surface area contributed by atoms with Crippen LogP contribution in [-0.2, 0) is 9.47 Å². The molecule has 0 radical (unpaired) electrons. The summed E-state index contributed by atoms with van der Waals surface area (Å²) in [6.07, 6.45) is 2.57. The van der Waals surface area contributed by atoms with Gasteiger partial charge < -0.3 is 9.47 Å². The Balaban J connectivity index is 3.92. The maximum Gasteiger partial charge on any atom is 0.163 e. The zero-order chi connectivity index (χ0) is 10.5. The monoisotopic (exact) mass is 188 g/mol. The van der Waals surface area contributed by atoms with E-state index in [4.69, 9.17) is 9.47 Å². The summed E-state index contributed by atoms with van der Waals surface area (Å²) in [4.78, 5) is 0. The van der Waals surface area contributed by atoms with Crippen molar-refractivity contribution in [2.24, 2.45) is 0 Å². The Morgan fingerprint density at radius 1 is 0.923 bits per heavy atom. The largest absolute Gasteiger partial charge is 0.348 e. The first kappa shape index (κ1) is 12.9. The summed E-state index contributed by atoms with van der Waals surface area (Å²) in [5.41, 5.74) is 0. The van der Waals surface area contributed by atoms with E-state index in [-0.39, 0.29) is 12.2 Å². The second kappa shape index (κ2) is 5.61. The molecule has 0 bridgehead atoms. The first-order valence-corrected chi connectivity index (χ1v) is 5.27. The van der Waals surface area contributed by atoms with Crippen LogP contribution in [0.4, 0.5) is 0 Å². The van der Waals surface area contributed by atoms with Gasteiger partial charge in [-0.1, -0.05) is 13.8 Å². The predicted molar refractivity (Wildman–Crippen MR) is 55.8 cm³/mol. The lowest BCUT2D eigenvalue weighted by Gasteiger charge is -2.31. The summed E-state index contributed by atoms with van der Waals surface area (Å²) in [5, 5.41) is 0. The van der Waals surface area contributed by atoms with Crippen LogP contribution in [0.3, 0.4) is 0 Å². The van der Waals surface area contributed by atoms with Crippen molar-refractivity contribution in [3.8, 4) is 0 Å². The van der Waals surface area contributed by atoms with Gasteiger partial charge in [0.05, 0.1) is 12.2 Å². The molecule has 2 unspecified atom stereocenters. The van der Waals surface area contributed by atoms with Gasteiger partial charge in [-0.25, -0.2) is 0 Å². The zero-order valence-electron chi connectivity index (χ0n) is 9.89. The normalized spacial score (nSPS) is 17.1. The third kappa shape index (κ3) is 6.05. The van der Waals surface area contributed by atoms with Crippen LogP contribution in [0.5, 0.6) is 0 Å². The van der Waals surface area contributed by atoms with Crippen LogP contribution in [-0.4, -0.2) is 18.0 Å². The summed E-state index contributed by atoms with van der Waals surface area (Å²) in [7, 11) is 0. The number of ether oxygens (including phenoxy) is 2. The lowest BCUT2D eigenvalue weighted by Crippen LogP contribution is -2.35. The molecule has 0 aromatic rings. The highest BCUT2D eigenvalue weighted by molar-refractivity contribution is 4.60. The van der Waals surface area contributed by atoms with Gasteiger partial charge in [0.2, 0.25) is 0 Å². The van der Waals surface area contributed by atoms with Crippen molar-refractivity contribution in [1.29, 1.82) is 0 Å². The van der Waals surface area contributed by atoms with Crippen molar-refractivity contribution in [2.45, 2.75) is 72.4 Å². The van der Waals surface area contributed by atoms with Crippen LogP contribution < -0.4 is 0 Å². The van der Waals surface area contributed by atoms with Gasteiger partial charge in [-0.2, -0.15) is 0 Å². The van der Waals surface area contributed by atoms with E-state index in [0.29, 0.717) is 0 Å². The molecule has 0 aromatic carbocycles. The highest BCUT2D eigenvalue weighted by Crippen LogP contribution is 2.18. The molecule has 0 amide bonds. The van der Waals surface area contributed by atoms with Gasteiger partial charge in [-0.15, -0.1) is 0 Å². The Morgan fingerprint density at radius 3 is 1.46 bits per heavy atom. The van der Waals surface area contributed by atoms with E-state index in [2.05, 4.69) is 27.7 Å². The van der Waals surface area contributed by atoms with Crippen LogP contribution in [0.1, 0.15) is 54.4 Å². The Bertz CT molecular complexity index is 118. The fourth-order valence-corrected chi connectivity index (χ4v) is 1.16. The minimum atomic E-state index is -0.454. The molecular formula is C11H24O2. The van der Waals surface area contributed by atoms with E-state index >= 15 is 0 Å². The molecule has 0 spiro atoms. The van der Waals surface area contributed by atoms with Crippen molar-refractivity contribution in [3.63, 3.8) is 0 Å². The second-order valence-electron chi connectivity index (χ2n) is 4.07. The van der Waals surface area contributed by atoms with Crippen molar-refractivity contribution in [3.05, 3.63) is 0 Å². The molecule has 2 heteroatoms. The summed E-state index contributed by atoms with van der Waals surface area (Å²) >= 11 is 0. The van der Waals surface area contributed by atoms with E-state index in [1.54, 1.807) is 0 Å². The lowest BCUT2D eigenvalue weighted by atomic mass is 10.2. The quantitative estimate of drug-likeness (QED) is 0.595. The molecule has 0 heterocycles. The smallest absolute Gasteiger partial charge is 0.163 e. The SMILES string of the molecule is CCC(C)OC(C)(C)OC(C)CC. The molecule has 0 aliphatic rings. The average molecular weight is 188 g/mol. The molecule has 0 aromatic heterocycles. The Hall–Kier alpha value is -0.0800. The molecule has 0 rings (SSSR count). The molecule has 80 valence electrons. The Morgan fingerprint density at radius 2 is 1.23 bits per heavy atom. The maximum atomic E-state index is 5.74. The van der Waals surface area contributed by atoms with Crippen molar-refractivity contribution < 1.29 is 9.47 Å². The summed E-state index contributed by atoms with van der Waals surface area (Å²) in [6.45, 7) is 12.3. The molecule has 0 aliphatic heterocycles. The van der Waals surface area contributed by atoms with Crippen LogP contribution in [0.15, 0.2) is 0 Å². The molecule has 0 N–H and O–H groups in total. The molecule has 0 saturated carbocycles. The third-order valence-corrected chi connectivity index (χ3v) is 2.12. The Kier molecular flexibility index (Phi) is 5.57. The van der Waals surface area contributed by atoms with Gasteiger partial charge in [0.1, 0.15) is 0 Å². The highest BCUT2D eigenvalue weighted by Gasteiger charge is 2.23. The summed E-state index contributed by atoms with van der Waals surface area (Å²) < 4.78 is 11.5. The fraction of sp³-hybridized carbons (Fsp3) is 1.00. The summed E-state index contributed by atoms with van der Waals surface area (Å²) in [6, 6.07) is 0. The second-order valence-corrected chi connectivity index (χ2v) is 4.07. The molecule has 0 aliphatic carbocycles. The average Bonchev–Trinajstić information content (AvgIpc) is 2.02. The van der Waals surface area contributed by atoms with E-state index in [0.717, 1.165) is 12.8 Å². The molecule has 0 fully saturated rings. The molecule has 13 heavy (non-hydrogen) atoms. The fourth-order valence-electron chi connectivity index (χ4n) is 1.16. The van der Waals surface area contributed by atoms with Gasteiger partial charge in [-0.05, 0) is 40.5 Å².